The van der Waals surface area contributed by atoms with E-state index in [2.05, 4.69) is 12.0 Å². The Morgan fingerprint density at radius 3 is 3.00 bits per heavy atom. The van der Waals surface area contributed by atoms with Gasteiger partial charge in [-0.2, -0.15) is 5.10 Å². The first kappa shape index (κ1) is 11.6. The molecule has 4 heteroatoms. The van der Waals surface area contributed by atoms with Crippen LogP contribution in [0.2, 0.25) is 0 Å². The van der Waals surface area contributed by atoms with Gasteiger partial charge in [0.25, 0.3) is 0 Å². The molecule has 1 heterocycles. The minimum absolute atomic E-state index is 0.379. The largest absolute Gasteiger partial charge is 0.328 e. The molecule has 2 N–H and O–H groups in total. The summed E-state index contributed by atoms with van der Waals surface area (Å²) in [6.45, 7) is 2.14. The van der Waals surface area contributed by atoms with Crippen LogP contribution in [0.25, 0.3) is 0 Å². The zero-order chi connectivity index (χ0) is 10.4. The second-order valence-electron chi connectivity index (χ2n) is 3.51. The molecule has 1 aromatic heterocycles. The first-order chi connectivity index (χ1) is 6.72. The molecule has 0 aliphatic carbocycles. The summed E-state index contributed by atoms with van der Waals surface area (Å²) < 4.78 is 1.83. The van der Waals surface area contributed by atoms with Crippen molar-refractivity contribution in [3.05, 3.63) is 12.4 Å². The molecule has 0 fully saturated rings. The maximum Gasteiger partial charge on any atom is 0.0625 e. The second-order valence-corrected chi connectivity index (χ2v) is 4.68. The van der Waals surface area contributed by atoms with Crippen LogP contribution in [0.3, 0.4) is 0 Å². The Bertz CT molecular complexity index is 260. The van der Waals surface area contributed by atoms with Crippen molar-refractivity contribution in [2.24, 2.45) is 12.8 Å². The summed E-state index contributed by atoms with van der Waals surface area (Å²) in [7, 11) is 1.94. The van der Waals surface area contributed by atoms with E-state index in [0.29, 0.717) is 6.04 Å². The van der Waals surface area contributed by atoms with Crippen molar-refractivity contribution in [1.29, 1.82) is 0 Å². The van der Waals surface area contributed by atoms with E-state index >= 15 is 0 Å². The predicted octanol–water partition coefficient (Wildman–Crippen LogP) is 2.03. The van der Waals surface area contributed by atoms with Crippen LogP contribution in [0.1, 0.15) is 26.2 Å². The minimum atomic E-state index is 0.379. The minimum Gasteiger partial charge on any atom is -0.328 e. The molecule has 80 valence electrons. The summed E-state index contributed by atoms with van der Waals surface area (Å²) in [6.07, 6.45) is 7.35. The summed E-state index contributed by atoms with van der Waals surface area (Å²) in [4.78, 5) is 1.25. The summed E-state index contributed by atoms with van der Waals surface area (Å²) in [5.41, 5.74) is 5.83. The van der Waals surface area contributed by atoms with Crippen LogP contribution in [0.4, 0.5) is 0 Å². The Kier molecular flexibility index (Phi) is 5.04. The molecule has 14 heavy (non-hydrogen) atoms. The number of aromatic nitrogens is 2. The van der Waals surface area contributed by atoms with Crippen molar-refractivity contribution in [2.75, 3.05) is 5.75 Å². The molecule has 0 spiro atoms. The van der Waals surface area contributed by atoms with Crippen molar-refractivity contribution in [3.8, 4) is 0 Å². The highest BCUT2D eigenvalue weighted by Gasteiger charge is 2.00. The number of nitrogens with zero attached hydrogens (tertiary/aromatic N) is 2. The van der Waals surface area contributed by atoms with Crippen LogP contribution in [0, 0.1) is 0 Å². The van der Waals surface area contributed by atoms with Crippen LogP contribution in [-0.4, -0.2) is 21.6 Å². The maximum absolute atomic E-state index is 5.83. The van der Waals surface area contributed by atoms with Gasteiger partial charge in [0.1, 0.15) is 0 Å². The average Bonchev–Trinajstić information content (AvgIpc) is 2.58. The van der Waals surface area contributed by atoms with Crippen molar-refractivity contribution in [1.82, 2.24) is 9.78 Å². The third-order valence-corrected chi connectivity index (χ3v) is 3.23. The van der Waals surface area contributed by atoms with Crippen molar-refractivity contribution in [2.45, 2.75) is 37.1 Å². The molecule has 0 amide bonds. The third kappa shape index (κ3) is 4.15. The highest BCUT2D eigenvalue weighted by Crippen LogP contribution is 2.18. The van der Waals surface area contributed by atoms with E-state index in [0.717, 1.165) is 18.6 Å². The van der Waals surface area contributed by atoms with E-state index in [1.165, 1.54) is 11.3 Å². The summed E-state index contributed by atoms with van der Waals surface area (Å²) in [6, 6.07) is 0.379. The smallest absolute Gasteiger partial charge is 0.0625 e. The van der Waals surface area contributed by atoms with Gasteiger partial charge in [-0.25, -0.2) is 0 Å². The SMILES string of the molecule is CCC(N)CCCSc1cnn(C)c1. The third-order valence-electron chi connectivity index (χ3n) is 2.19. The molecular formula is C10H19N3S. The molecule has 1 aromatic rings. The second kappa shape index (κ2) is 6.09. The molecule has 0 aliphatic heterocycles. The number of rotatable bonds is 6. The Hall–Kier alpha value is -0.480. The molecule has 0 bridgehead atoms. The molecule has 1 atom stereocenters. The average molecular weight is 213 g/mol. The number of hydrogen-bond acceptors (Lipinski definition) is 3. The van der Waals surface area contributed by atoms with Gasteiger partial charge in [0.2, 0.25) is 0 Å². The van der Waals surface area contributed by atoms with Crippen molar-refractivity contribution < 1.29 is 0 Å². The maximum atomic E-state index is 5.83. The number of thioether (sulfide) groups is 1. The number of aryl methyl sites for hydroxylation is 1. The van der Waals surface area contributed by atoms with Gasteiger partial charge in [-0.15, -0.1) is 11.8 Å². The van der Waals surface area contributed by atoms with Gasteiger partial charge in [0.15, 0.2) is 0 Å². The fourth-order valence-electron chi connectivity index (χ4n) is 1.21. The summed E-state index contributed by atoms with van der Waals surface area (Å²) in [5, 5.41) is 4.12. The fraction of sp³-hybridized carbons (Fsp3) is 0.700. The van der Waals surface area contributed by atoms with Crippen molar-refractivity contribution >= 4 is 11.8 Å². The molecular weight excluding hydrogens is 194 g/mol. The lowest BCUT2D eigenvalue weighted by Gasteiger charge is -2.06. The van der Waals surface area contributed by atoms with Gasteiger partial charge in [-0.05, 0) is 25.0 Å². The standard InChI is InChI=1S/C10H19N3S/c1-3-9(11)5-4-6-14-10-7-12-13(2)8-10/h7-9H,3-6,11H2,1-2H3. The molecule has 0 aromatic carbocycles. The van der Waals surface area contributed by atoms with Gasteiger partial charge in [0, 0.05) is 24.2 Å². The zero-order valence-electron chi connectivity index (χ0n) is 8.94. The first-order valence-corrected chi connectivity index (χ1v) is 6.08. The van der Waals surface area contributed by atoms with Crippen LogP contribution >= 0.6 is 11.8 Å². The Labute approximate surface area is 90.1 Å². The molecule has 0 saturated carbocycles. The molecule has 0 aliphatic rings. The predicted molar refractivity (Wildman–Crippen MR) is 61.4 cm³/mol. The lowest BCUT2D eigenvalue weighted by Crippen LogP contribution is -2.18. The number of hydrogen-bond donors (Lipinski definition) is 1. The van der Waals surface area contributed by atoms with E-state index < -0.39 is 0 Å². The lowest BCUT2D eigenvalue weighted by molar-refractivity contribution is 0.589. The van der Waals surface area contributed by atoms with Crippen LogP contribution in [0.5, 0.6) is 0 Å². The molecule has 0 radical (unpaired) electrons. The first-order valence-electron chi connectivity index (χ1n) is 5.09. The van der Waals surface area contributed by atoms with Gasteiger partial charge < -0.3 is 5.73 Å². The normalized spacial score (nSPS) is 13.1. The van der Waals surface area contributed by atoms with Crippen LogP contribution in [-0.2, 0) is 7.05 Å². The van der Waals surface area contributed by atoms with Gasteiger partial charge in [-0.3, -0.25) is 4.68 Å². The van der Waals surface area contributed by atoms with Crippen LogP contribution < -0.4 is 5.73 Å². The van der Waals surface area contributed by atoms with Gasteiger partial charge >= 0.3 is 0 Å². The molecule has 0 saturated heterocycles. The summed E-state index contributed by atoms with van der Waals surface area (Å²) in [5.74, 6) is 1.14. The monoisotopic (exact) mass is 213 g/mol. The topological polar surface area (TPSA) is 43.8 Å². The van der Waals surface area contributed by atoms with Crippen LogP contribution in [0.15, 0.2) is 17.3 Å². The van der Waals surface area contributed by atoms with E-state index in [4.69, 9.17) is 5.73 Å². The van der Waals surface area contributed by atoms with E-state index in [1.807, 2.05) is 35.9 Å². The van der Waals surface area contributed by atoms with Gasteiger partial charge in [-0.1, -0.05) is 6.92 Å². The lowest BCUT2D eigenvalue weighted by atomic mass is 10.1. The Morgan fingerprint density at radius 2 is 2.43 bits per heavy atom. The van der Waals surface area contributed by atoms with E-state index in [-0.39, 0.29) is 0 Å². The summed E-state index contributed by atoms with van der Waals surface area (Å²) >= 11 is 1.85. The van der Waals surface area contributed by atoms with E-state index in [9.17, 15) is 0 Å². The number of nitrogens with two attached hydrogens (primary N) is 1. The van der Waals surface area contributed by atoms with Crippen molar-refractivity contribution in [3.63, 3.8) is 0 Å². The Balaban J connectivity index is 2.10. The highest BCUT2D eigenvalue weighted by atomic mass is 32.2. The van der Waals surface area contributed by atoms with E-state index in [1.54, 1.807) is 0 Å². The molecule has 1 unspecified atom stereocenters. The van der Waals surface area contributed by atoms with Gasteiger partial charge in [0.05, 0.1) is 6.20 Å². The highest BCUT2D eigenvalue weighted by molar-refractivity contribution is 7.99. The quantitative estimate of drug-likeness (QED) is 0.581. The molecule has 3 nitrogen and oxygen atoms in total. The molecule has 1 rings (SSSR count). The fourth-order valence-corrected chi connectivity index (χ4v) is 2.11. The Morgan fingerprint density at radius 1 is 1.64 bits per heavy atom. The zero-order valence-corrected chi connectivity index (χ0v) is 9.76.